The minimum absolute atomic E-state index is 0.0342. The lowest BCUT2D eigenvalue weighted by Crippen LogP contribution is -2.57. The zero-order valence-electron chi connectivity index (χ0n) is 11.2. The van der Waals surface area contributed by atoms with Gasteiger partial charge < -0.3 is 15.4 Å². The summed E-state index contributed by atoms with van der Waals surface area (Å²) in [5.74, 6) is -0.291. The van der Waals surface area contributed by atoms with Crippen LogP contribution in [0.15, 0.2) is 0 Å². The molecule has 0 aromatic rings. The van der Waals surface area contributed by atoms with E-state index in [0.29, 0.717) is 26.2 Å². The Morgan fingerprint density at radius 1 is 1.44 bits per heavy atom. The number of nitrogens with one attached hydrogen (secondary N) is 2. The number of hydrogen-bond donors (Lipinski definition) is 2. The highest BCUT2D eigenvalue weighted by Gasteiger charge is 2.30. The molecule has 1 rings (SSSR count). The number of rotatable bonds is 6. The van der Waals surface area contributed by atoms with Crippen LogP contribution in [0.25, 0.3) is 0 Å². The van der Waals surface area contributed by atoms with Gasteiger partial charge in [0.25, 0.3) is 0 Å². The molecular weight excluding hydrogens is 234 g/mol. The minimum atomic E-state index is -0.355. The minimum Gasteiger partial charge on any atom is -0.465 e. The van der Waals surface area contributed by atoms with E-state index in [-0.39, 0.29) is 24.5 Å². The van der Waals surface area contributed by atoms with Gasteiger partial charge in [-0.2, -0.15) is 0 Å². The Hall–Kier alpha value is -1.14. The van der Waals surface area contributed by atoms with E-state index >= 15 is 0 Å². The molecule has 0 bridgehead atoms. The summed E-state index contributed by atoms with van der Waals surface area (Å²) in [5, 5.41) is 5.96. The lowest BCUT2D eigenvalue weighted by Gasteiger charge is -2.33. The Balaban J connectivity index is 2.48. The first kappa shape index (κ1) is 14.9. The molecule has 18 heavy (non-hydrogen) atoms. The predicted molar refractivity (Wildman–Crippen MR) is 68.2 cm³/mol. The van der Waals surface area contributed by atoms with Gasteiger partial charge in [-0.15, -0.1) is 0 Å². The average Bonchev–Trinajstić information content (AvgIpc) is 2.37. The first-order valence-corrected chi connectivity index (χ1v) is 6.57. The van der Waals surface area contributed by atoms with Gasteiger partial charge in [0.15, 0.2) is 0 Å². The summed E-state index contributed by atoms with van der Waals surface area (Å²) in [6, 6.07) is -0.355. The number of esters is 1. The molecule has 1 atom stereocenters. The quantitative estimate of drug-likeness (QED) is 0.619. The maximum atomic E-state index is 11.8. The van der Waals surface area contributed by atoms with Crippen molar-refractivity contribution < 1.29 is 14.3 Å². The van der Waals surface area contributed by atoms with Crippen LogP contribution in [0, 0.1) is 0 Å². The van der Waals surface area contributed by atoms with Gasteiger partial charge in [-0.05, 0) is 13.3 Å². The normalized spacial score (nSPS) is 20.4. The number of amides is 1. The van der Waals surface area contributed by atoms with Crippen LogP contribution >= 0.6 is 0 Å². The molecule has 0 saturated carbocycles. The van der Waals surface area contributed by atoms with Gasteiger partial charge in [0.1, 0.15) is 6.04 Å². The zero-order chi connectivity index (χ0) is 13.4. The molecule has 1 fully saturated rings. The number of hydrogen-bond acceptors (Lipinski definition) is 5. The molecule has 6 nitrogen and oxygen atoms in total. The van der Waals surface area contributed by atoms with Gasteiger partial charge in [-0.1, -0.05) is 6.92 Å². The summed E-state index contributed by atoms with van der Waals surface area (Å²) in [7, 11) is 0. The van der Waals surface area contributed by atoms with Crippen LogP contribution in [-0.4, -0.2) is 62.1 Å². The molecule has 1 amide bonds. The highest BCUT2D eigenvalue weighted by Crippen LogP contribution is 2.05. The molecule has 6 heteroatoms. The molecule has 1 unspecified atom stereocenters. The van der Waals surface area contributed by atoms with Crippen LogP contribution in [0.5, 0.6) is 0 Å². The topological polar surface area (TPSA) is 70.7 Å². The Kier molecular flexibility index (Phi) is 6.67. The molecule has 1 aliphatic rings. The molecule has 0 aliphatic carbocycles. The van der Waals surface area contributed by atoms with Crippen LogP contribution in [0.3, 0.4) is 0 Å². The van der Waals surface area contributed by atoms with Gasteiger partial charge in [0.05, 0.1) is 13.2 Å². The molecule has 0 radical (unpaired) electrons. The molecule has 1 aliphatic heterocycles. The molecule has 0 spiro atoms. The van der Waals surface area contributed by atoms with Crippen molar-refractivity contribution in [2.45, 2.75) is 26.3 Å². The van der Waals surface area contributed by atoms with Crippen molar-refractivity contribution in [3.05, 3.63) is 0 Å². The van der Waals surface area contributed by atoms with Crippen molar-refractivity contribution in [3.8, 4) is 0 Å². The summed E-state index contributed by atoms with van der Waals surface area (Å²) < 4.78 is 5.02. The lowest BCUT2D eigenvalue weighted by molar-refractivity contribution is -0.150. The highest BCUT2D eigenvalue weighted by atomic mass is 16.5. The number of piperazine rings is 1. The Morgan fingerprint density at radius 3 is 2.89 bits per heavy atom. The van der Waals surface area contributed by atoms with E-state index in [9.17, 15) is 9.59 Å². The van der Waals surface area contributed by atoms with Gasteiger partial charge in [-0.3, -0.25) is 14.5 Å². The summed E-state index contributed by atoms with van der Waals surface area (Å²) >= 11 is 0. The predicted octanol–water partition coefficient (Wildman–Crippen LogP) is -0.650. The van der Waals surface area contributed by atoms with Crippen molar-refractivity contribution in [2.24, 2.45) is 0 Å². The van der Waals surface area contributed by atoms with E-state index in [1.807, 2.05) is 11.8 Å². The van der Waals surface area contributed by atoms with E-state index in [1.165, 1.54) is 0 Å². The van der Waals surface area contributed by atoms with E-state index in [0.717, 1.165) is 13.0 Å². The van der Waals surface area contributed by atoms with Crippen LogP contribution < -0.4 is 10.6 Å². The Bertz CT molecular complexity index is 284. The molecule has 0 aromatic heterocycles. The summed E-state index contributed by atoms with van der Waals surface area (Å²) in [4.78, 5) is 25.3. The van der Waals surface area contributed by atoms with Crippen LogP contribution in [0.1, 0.15) is 20.3 Å². The smallest absolute Gasteiger partial charge is 0.324 e. The largest absolute Gasteiger partial charge is 0.465 e. The molecular formula is C12H23N3O3. The fourth-order valence-electron chi connectivity index (χ4n) is 1.91. The van der Waals surface area contributed by atoms with Crippen molar-refractivity contribution in [2.75, 3.05) is 39.3 Å². The SMILES string of the molecule is CCCNC(=O)CN1CCNCC1C(=O)OCC. The van der Waals surface area contributed by atoms with Gasteiger partial charge in [0.2, 0.25) is 5.91 Å². The van der Waals surface area contributed by atoms with Gasteiger partial charge in [-0.25, -0.2) is 0 Å². The maximum Gasteiger partial charge on any atom is 0.324 e. The van der Waals surface area contributed by atoms with E-state index < -0.39 is 0 Å². The van der Waals surface area contributed by atoms with Crippen molar-refractivity contribution >= 4 is 11.9 Å². The maximum absolute atomic E-state index is 11.8. The third-order valence-corrected chi connectivity index (χ3v) is 2.83. The van der Waals surface area contributed by atoms with Crippen LogP contribution in [0.4, 0.5) is 0 Å². The first-order chi connectivity index (χ1) is 8.69. The fourth-order valence-corrected chi connectivity index (χ4v) is 1.91. The number of nitrogens with zero attached hydrogens (tertiary/aromatic N) is 1. The second-order valence-electron chi connectivity index (χ2n) is 4.29. The number of carbonyl (C=O) groups excluding carboxylic acids is 2. The van der Waals surface area contributed by atoms with E-state index in [1.54, 1.807) is 6.92 Å². The highest BCUT2D eigenvalue weighted by molar-refractivity contribution is 5.80. The van der Waals surface area contributed by atoms with Gasteiger partial charge in [0, 0.05) is 26.2 Å². The van der Waals surface area contributed by atoms with Crippen molar-refractivity contribution in [3.63, 3.8) is 0 Å². The second-order valence-corrected chi connectivity index (χ2v) is 4.29. The summed E-state index contributed by atoms with van der Waals surface area (Å²) in [6.07, 6.45) is 0.911. The van der Waals surface area contributed by atoms with Crippen molar-refractivity contribution in [1.29, 1.82) is 0 Å². The van der Waals surface area contributed by atoms with Crippen LogP contribution in [-0.2, 0) is 14.3 Å². The monoisotopic (exact) mass is 257 g/mol. The van der Waals surface area contributed by atoms with Gasteiger partial charge >= 0.3 is 5.97 Å². The summed E-state index contributed by atoms with van der Waals surface area (Å²) in [5.41, 5.74) is 0. The molecule has 2 N–H and O–H groups in total. The van der Waals surface area contributed by atoms with Crippen LogP contribution in [0.2, 0.25) is 0 Å². The number of ether oxygens (including phenoxy) is 1. The summed E-state index contributed by atoms with van der Waals surface area (Å²) in [6.45, 7) is 7.10. The average molecular weight is 257 g/mol. The molecule has 104 valence electrons. The van der Waals surface area contributed by atoms with E-state index in [4.69, 9.17) is 4.74 Å². The number of carbonyl (C=O) groups is 2. The van der Waals surface area contributed by atoms with E-state index in [2.05, 4.69) is 10.6 Å². The third-order valence-electron chi connectivity index (χ3n) is 2.83. The fraction of sp³-hybridized carbons (Fsp3) is 0.833. The standard InChI is InChI=1S/C12H23N3O3/c1-3-5-14-11(16)9-15-7-6-13-8-10(15)12(17)18-4-2/h10,13H,3-9H2,1-2H3,(H,14,16). The zero-order valence-corrected chi connectivity index (χ0v) is 11.2. The molecule has 1 heterocycles. The third kappa shape index (κ3) is 4.62. The Labute approximate surface area is 108 Å². The molecule has 1 saturated heterocycles. The molecule has 0 aromatic carbocycles. The first-order valence-electron chi connectivity index (χ1n) is 6.57. The second kappa shape index (κ2) is 8.05. The lowest BCUT2D eigenvalue weighted by atomic mass is 10.2. The van der Waals surface area contributed by atoms with Crippen molar-refractivity contribution in [1.82, 2.24) is 15.5 Å². The Morgan fingerprint density at radius 2 is 2.22 bits per heavy atom.